The molecule has 2 N–H and O–H groups in total. The second-order valence-corrected chi connectivity index (χ2v) is 6.98. The first-order valence-corrected chi connectivity index (χ1v) is 9.06. The summed E-state index contributed by atoms with van der Waals surface area (Å²) in [6.45, 7) is 0.0247. The molecule has 6 heteroatoms. The average Bonchev–Trinajstić information content (AvgIpc) is 3.41. The third-order valence-corrected chi connectivity index (χ3v) is 4.95. The van der Waals surface area contributed by atoms with Gasteiger partial charge in [0.05, 0.1) is 11.6 Å². The van der Waals surface area contributed by atoms with Crippen LogP contribution in [0.2, 0.25) is 0 Å². The largest absolute Gasteiger partial charge is 0.481 e. The SMILES string of the molecule is O=C(NCC(Cc1cccc2ccccc12)C(=O)O)c1cc(C2CC2)no1. The van der Waals surface area contributed by atoms with Gasteiger partial charge in [0.15, 0.2) is 0 Å². The molecule has 0 bridgehead atoms. The van der Waals surface area contributed by atoms with Gasteiger partial charge in [0.2, 0.25) is 5.76 Å². The third kappa shape index (κ3) is 3.84. The van der Waals surface area contributed by atoms with Crippen LogP contribution in [-0.4, -0.2) is 28.7 Å². The Hall–Kier alpha value is -3.15. The van der Waals surface area contributed by atoms with Crippen molar-refractivity contribution in [2.45, 2.75) is 25.2 Å². The molecule has 1 aromatic heterocycles. The molecule has 0 spiro atoms. The normalized spacial score (nSPS) is 14.8. The second kappa shape index (κ2) is 7.23. The van der Waals surface area contributed by atoms with Crippen LogP contribution >= 0.6 is 0 Å². The highest BCUT2D eigenvalue weighted by atomic mass is 16.5. The van der Waals surface area contributed by atoms with Crippen molar-refractivity contribution in [3.63, 3.8) is 0 Å². The summed E-state index contributed by atoms with van der Waals surface area (Å²) in [4.78, 5) is 24.0. The van der Waals surface area contributed by atoms with Gasteiger partial charge in [-0.25, -0.2) is 0 Å². The number of aromatic nitrogens is 1. The minimum absolute atomic E-state index is 0.0247. The summed E-state index contributed by atoms with van der Waals surface area (Å²) in [5.74, 6) is -1.58. The molecule has 1 unspecified atom stereocenters. The van der Waals surface area contributed by atoms with E-state index in [0.717, 1.165) is 34.9 Å². The topological polar surface area (TPSA) is 92.4 Å². The maximum absolute atomic E-state index is 12.3. The fraction of sp³-hybridized carbons (Fsp3) is 0.286. The monoisotopic (exact) mass is 364 g/mol. The molecule has 0 radical (unpaired) electrons. The number of hydrogen-bond acceptors (Lipinski definition) is 4. The number of carbonyl (C=O) groups excluding carboxylic acids is 1. The zero-order valence-corrected chi connectivity index (χ0v) is 14.7. The van der Waals surface area contributed by atoms with E-state index >= 15 is 0 Å². The standard InChI is InChI=1S/C21H20N2O4/c24-20(19-11-18(23-27-19)14-8-9-14)22-12-16(21(25)26)10-15-6-3-5-13-4-1-2-7-17(13)15/h1-7,11,14,16H,8-10,12H2,(H,22,24)(H,25,26). The second-order valence-electron chi connectivity index (χ2n) is 6.98. The first-order valence-electron chi connectivity index (χ1n) is 9.06. The summed E-state index contributed by atoms with van der Waals surface area (Å²) in [5.41, 5.74) is 1.75. The van der Waals surface area contributed by atoms with Crippen molar-refractivity contribution < 1.29 is 19.2 Å². The molecule has 1 heterocycles. The van der Waals surface area contributed by atoms with Crippen LogP contribution in [0.4, 0.5) is 0 Å². The van der Waals surface area contributed by atoms with Gasteiger partial charge >= 0.3 is 5.97 Å². The number of benzene rings is 2. The number of amides is 1. The van der Waals surface area contributed by atoms with E-state index in [1.807, 2.05) is 42.5 Å². The Labute approximate surface area is 156 Å². The van der Waals surface area contributed by atoms with Gasteiger partial charge in [0, 0.05) is 18.5 Å². The highest BCUT2D eigenvalue weighted by Gasteiger charge is 2.28. The van der Waals surface area contributed by atoms with Crippen molar-refractivity contribution in [2.75, 3.05) is 6.54 Å². The van der Waals surface area contributed by atoms with Crippen molar-refractivity contribution >= 4 is 22.6 Å². The maximum Gasteiger partial charge on any atom is 0.308 e. The van der Waals surface area contributed by atoms with Gasteiger partial charge in [-0.05, 0) is 35.6 Å². The Kier molecular flexibility index (Phi) is 4.62. The molecule has 1 aliphatic carbocycles. The number of carbonyl (C=O) groups is 2. The Bertz CT molecular complexity index is 985. The predicted molar refractivity (Wildman–Crippen MR) is 99.6 cm³/mol. The summed E-state index contributed by atoms with van der Waals surface area (Å²) in [5, 5.41) is 18.3. The molecule has 0 aliphatic heterocycles. The lowest BCUT2D eigenvalue weighted by molar-refractivity contribution is -0.141. The summed E-state index contributed by atoms with van der Waals surface area (Å²) < 4.78 is 5.09. The van der Waals surface area contributed by atoms with Gasteiger partial charge in [-0.1, -0.05) is 47.6 Å². The molecular weight excluding hydrogens is 344 g/mol. The smallest absolute Gasteiger partial charge is 0.308 e. The Balaban J connectivity index is 1.44. The molecule has 1 atom stereocenters. The van der Waals surface area contributed by atoms with Gasteiger partial charge in [0.1, 0.15) is 0 Å². The lowest BCUT2D eigenvalue weighted by Crippen LogP contribution is -2.34. The zero-order chi connectivity index (χ0) is 18.8. The van der Waals surface area contributed by atoms with Crippen LogP contribution in [-0.2, 0) is 11.2 Å². The molecule has 138 valence electrons. The molecule has 1 fully saturated rings. The first-order chi connectivity index (χ1) is 13.1. The third-order valence-electron chi connectivity index (χ3n) is 4.95. The van der Waals surface area contributed by atoms with E-state index in [2.05, 4.69) is 10.5 Å². The van der Waals surface area contributed by atoms with E-state index in [1.165, 1.54) is 0 Å². The average molecular weight is 364 g/mol. The van der Waals surface area contributed by atoms with Crippen LogP contribution in [0.15, 0.2) is 53.1 Å². The fourth-order valence-corrected chi connectivity index (χ4v) is 3.25. The van der Waals surface area contributed by atoms with Gasteiger partial charge in [-0.3, -0.25) is 9.59 Å². The minimum atomic E-state index is -0.945. The Morgan fingerprint density at radius 2 is 1.96 bits per heavy atom. The van der Waals surface area contributed by atoms with Gasteiger partial charge in [0.25, 0.3) is 5.91 Å². The van der Waals surface area contributed by atoms with Crippen LogP contribution in [0.25, 0.3) is 10.8 Å². The highest BCUT2D eigenvalue weighted by Crippen LogP contribution is 2.39. The van der Waals surface area contributed by atoms with Crippen molar-refractivity contribution in [1.29, 1.82) is 0 Å². The first kappa shape index (κ1) is 17.3. The van der Waals surface area contributed by atoms with Crippen molar-refractivity contribution in [2.24, 2.45) is 5.92 Å². The molecule has 0 saturated heterocycles. The number of fused-ring (bicyclic) bond motifs is 1. The summed E-state index contributed by atoms with van der Waals surface area (Å²) >= 11 is 0. The molecule has 1 aliphatic rings. The van der Waals surface area contributed by atoms with Gasteiger partial charge in [-0.2, -0.15) is 0 Å². The number of nitrogens with one attached hydrogen (secondary N) is 1. The number of hydrogen-bond donors (Lipinski definition) is 2. The van der Waals surface area contributed by atoms with Gasteiger partial charge in [-0.15, -0.1) is 0 Å². The van der Waals surface area contributed by atoms with Gasteiger partial charge < -0.3 is 14.9 Å². The molecular formula is C21H20N2O4. The van der Waals surface area contributed by atoms with E-state index in [9.17, 15) is 14.7 Å². The quantitative estimate of drug-likeness (QED) is 0.670. The van der Waals surface area contributed by atoms with Crippen molar-refractivity contribution in [1.82, 2.24) is 10.5 Å². The van der Waals surface area contributed by atoms with Crippen molar-refractivity contribution in [3.8, 4) is 0 Å². The lowest BCUT2D eigenvalue weighted by atomic mass is 9.95. The van der Waals surface area contributed by atoms with Crippen LogP contribution < -0.4 is 5.32 Å². The summed E-state index contributed by atoms with van der Waals surface area (Å²) in [6.07, 6.45) is 2.47. The Morgan fingerprint density at radius 3 is 2.74 bits per heavy atom. The van der Waals surface area contributed by atoms with Crippen LogP contribution in [0.5, 0.6) is 0 Å². The number of aliphatic carboxylic acids is 1. The maximum atomic E-state index is 12.3. The van der Waals surface area contributed by atoms with E-state index in [-0.39, 0.29) is 12.3 Å². The summed E-state index contributed by atoms with van der Waals surface area (Å²) in [7, 11) is 0. The molecule has 27 heavy (non-hydrogen) atoms. The van der Waals surface area contributed by atoms with Crippen molar-refractivity contribution in [3.05, 3.63) is 65.5 Å². The molecule has 3 aromatic rings. The number of carboxylic acids is 1. The van der Waals surface area contributed by atoms with E-state index in [1.54, 1.807) is 6.07 Å². The molecule has 1 saturated carbocycles. The fourth-order valence-electron chi connectivity index (χ4n) is 3.25. The highest BCUT2D eigenvalue weighted by molar-refractivity contribution is 5.92. The number of rotatable bonds is 7. The minimum Gasteiger partial charge on any atom is -0.481 e. The molecule has 4 rings (SSSR count). The lowest BCUT2D eigenvalue weighted by Gasteiger charge is -2.14. The van der Waals surface area contributed by atoms with E-state index < -0.39 is 17.8 Å². The molecule has 1 amide bonds. The van der Waals surface area contributed by atoms with Crippen LogP contribution in [0.3, 0.4) is 0 Å². The predicted octanol–water partition coefficient (Wildman–Crippen LogP) is 3.38. The van der Waals surface area contributed by atoms with E-state index in [0.29, 0.717) is 12.3 Å². The summed E-state index contributed by atoms with van der Waals surface area (Å²) in [6, 6.07) is 15.4. The van der Waals surface area contributed by atoms with Crippen LogP contribution in [0, 0.1) is 5.92 Å². The zero-order valence-electron chi connectivity index (χ0n) is 14.7. The molecule has 6 nitrogen and oxygen atoms in total. The van der Waals surface area contributed by atoms with Crippen LogP contribution in [0.1, 0.15) is 40.6 Å². The number of nitrogens with zero attached hydrogens (tertiary/aromatic N) is 1. The van der Waals surface area contributed by atoms with E-state index in [4.69, 9.17) is 4.52 Å². The Morgan fingerprint density at radius 1 is 1.19 bits per heavy atom. The molecule has 2 aromatic carbocycles. The number of carboxylic acid groups (broad SMARTS) is 1.